The molecule has 2 aromatic rings. The Morgan fingerprint density at radius 2 is 1.57 bits per heavy atom. The Morgan fingerprint density at radius 3 is 2.20 bits per heavy atom. The molecule has 184 valence electrons. The molecule has 0 unspecified atom stereocenters. The topological polar surface area (TPSA) is 76.2 Å². The zero-order chi connectivity index (χ0) is 24.5. The number of hydrogen-bond acceptors (Lipinski definition) is 5. The van der Waals surface area contributed by atoms with E-state index in [1.165, 1.54) is 4.90 Å². The highest BCUT2D eigenvalue weighted by Crippen LogP contribution is 2.42. The third kappa shape index (κ3) is 4.17. The van der Waals surface area contributed by atoms with E-state index in [4.69, 9.17) is 9.47 Å². The summed E-state index contributed by atoms with van der Waals surface area (Å²) < 4.78 is 11.1. The first kappa shape index (κ1) is 23.4. The van der Waals surface area contributed by atoms with Gasteiger partial charge >= 0.3 is 0 Å². The van der Waals surface area contributed by atoms with E-state index in [0.29, 0.717) is 24.5 Å². The fourth-order valence-electron chi connectivity index (χ4n) is 6.01. The second kappa shape index (κ2) is 9.72. The van der Waals surface area contributed by atoms with Gasteiger partial charge in [0.2, 0.25) is 17.7 Å². The Bertz CT molecular complexity index is 1110. The molecule has 2 aliphatic heterocycles. The second-order valence-electron chi connectivity index (χ2n) is 9.63. The first-order valence-electron chi connectivity index (χ1n) is 12.5. The summed E-state index contributed by atoms with van der Waals surface area (Å²) in [6, 6.07) is 13.6. The number of methoxy groups -OCH3 is 2. The maximum Gasteiger partial charge on any atom is 0.233 e. The number of carbonyl (C=O) groups excluding carboxylic acids is 3. The predicted octanol–water partition coefficient (Wildman–Crippen LogP) is 3.74. The van der Waals surface area contributed by atoms with E-state index >= 15 is 0 Å². The lowest BCUT2D eigenvalue weighted by Gasteiger charge is -2.38. The van der Waals surface area contributed by atoms with E-state index in [1.807, 2.05) is 47.4 Å². The van der Waals surface area contributed by atoms with Gasteiger partial charge in [0.1, 0.15) is 0 Å². The molecular weight excluding hydrogens is 444 g/mol. The molecule has 5 rings (SSSR count). The SMILES string of the molecule is COc1cc2c(cc1OC)[C@H](c1ccccc1)N(C(=O)CCN1C(=O)[C@@H]3CCCC[C@H]3C1=O)CC2. The van der Waals surface area contributed by atoms with Crippen LogP contribution in [0.5, 0.6) is 11.5 Å². The van der Waals surface area contributed by atoms with Crippen LogP contribution in [0.2, 0.25) is 0 Å². The van der Waals surface area contributed by atoms with Crippen LogP contribution >= 0.6 is 0 Å². The van der Waals surface area contributed by atoms with E-state index < -0.39 is 0 Å². The Labute approximate surface area is 206 Å². The van der Waals surface area contributed by atoms with Crippen molar-refractivity contribution in [2.75, 3.05) is 27.3 Å². The molecule has 2 fully saturated rings. The molecule has 0 aromatic heterocycles. The molecule has 1 aliphatic carbocycles. The Hall–Kier alpha value is -3.35. The average molecular weight is 477 g/mol. The molecule has 0 radical (unpaired) electrons. The van der Waals surface area contributed by atoms with E-state index in [9.17, 15) is 14.4 Å². The normalized spacial score (nSPS) is 23.7. The molecule has 3 aliphatic rings. The maximum atomic E-state index is 13.6. The molecule has 2 aromatic carbocycles. The van der Waals surface area contributed by atoms with Crippen LogP contribution < -0.4 is 9.47 Å². The summed E-state index contributed by atoms with van der Waals surface area (Å²) in [5.41, 5.74) is 3.13. The predicted molar refractivity (Wildman–Crippen MR) is 130 cm³/mol. The van der Waals surface area contributed by atoms with Gasteiger partial charge in [0.15, 0.2) is 11.5 Å². The van der Waals surface area contributed by atoms with E-state index in [1.54, 1.807) is 14.2 Å². The molecule has 1 saturated carbocycles. The van der Waals surface area contributed by atoms with Crippen molar-refractivity contribution in [3.8, 4) is 11.5 Å². The van der Waals surface area contributed by atoms with Crippen LogP contribution in [0.15, 0.2) is 42.5 Å². The highest BCUT2D eigenvalue weighted by Gasteiger charge is 2.48. The monoisotopic (exact) mass is 476 g/mol. The van der Waals surface area contributed by atoms with Crippen LogP contribution in [-0.4, -0.2) is 54.8 Å². The lowest BCUT2D eigenvalue weighted by atomic mass is 9.81. The molecule has 1 saturated heterocycles. The van der Waals surface area contributed by atoms with E-state index in [-0.39, 0.29) is 48.6 Å². The zero-order valence-electron chi connectivity index (χ0n) is 20.4. The number of hydrogen-bond donors (Lipinski definition) is 0. The lowest BCUT2D eigenvalue weighted by molar-refractivity contribution is -0.141. The number of amides is 3. The standard InChI is InChI=1S/C28H32N2O5/c1-34-23-16-19-12-14-29(26(18-8-4-3-5-9-18)22(19)17-24(23)35-2)25(31)13-15-30-27(32)20-10-6-7-11-21(20)28(30)33/h3-5,8-9,16-17,20-21,26H,6-7,10-15H2,1-2H3/t20-,21-,26+/m1/s1. The molecular formula is C28H32N2O5. The first-order chi connectivity index (χ1) is 17.0. The van der Waals surface area contributed by atoms with Gasteiger partial charge in [0.25, 0.3) is 0 Å². The van der Waals surface area contributed by atoms with Gasteiger partial charge in [-0.25, -0.2) is 0 Å². The Balaban J connectivity index is 1.40. The minimum Gasteiger partial charge on any atom is -0.493 e. The smallest absolute Gasteiger partial charge is 0.233 e. The number of fused-ring (bicyclic) bond motifs is 2. The minimum atomic E-state index is -0.278. The second-order valence-corrected chi connectivity index (χ2v) is 9.63. The van der Waals surface area contributed by atoms with Crippen LogP contribution in [0.3, 0.4) is 0 Å². The van der Waals surface area contributed by atoms with Crippen LogP contribution in [0.25, 0.3) is 0 Å². The number of ether oxygens (including phenoxy) is 2. The Morgan fingerprint density at radius 1 is 0.943 bits per heavy atom. The van der Waals surface area contributed by atoms with Crippen molar-refractivity contribution in [1.82, 2.24) is 9.80 Å². The van der Waals surface area contributed by atoms with E-state index in [2.05, 4.69) is 0 Å². The molecule has 0 N–H and O–H groups in total. The quantitative estimate of drug-likeness (QED) is 0.594. The van der Waals surface area contributed by atoms with Gasteiger partial charge in [0.05, 0.1) is 32.1 Å². The van der Waals surface area contributed by atoms with Crippen molar-refractivity contribution in [3.05, 3.63) is 59.2 Å². The summed E-state index contributed by atoms with van der Waals surface area (Å²) in [5.74, 6) is 0.679. The highest BCUT2D eigenvalue weighted by atomic mass is 16.5. The number of imide groups is 1. The third-order valence-corrected chi connectivity index (χ3v) is 7.79. The van der Waals surface area contributed by atoms with Crippen molar-refractivity contribution in [1.29, 1.82) is 0 Å². The molecule has 7 nitrogen and oxygen atoms in total. The maximum absolute atomic E-state index is 13.6. The number of rotatable bonds is 6. The van der Waals surface area contributed by atoms with Gasteiger partial charge in [-0.1, -0.05) is 43.2 Å². The summed E-state index contributed by atoms with van der Waals surface area (Å²) in [5, 5.41) is 0. The molecule has 3 atom stereocenters. The van der Waals surface area contributed by atoms with Gasteiger partial charge in [0, 0.05) is 19.5 Å². The van der Waals surface area contributed by atoms with Gasteiger partial charge in [-0.05, 0) is 48.1 Å². The van der Waals surface area contributed by atoms with Gasteiger partial charge in [-0.15, -0.1) is 0 Å². The molecule has 2 heterocycles. The van der Waals surface area contributed by atoms with Crippen molar-refractivity contribution in [3.63, 3.8) is 0 Å². The summed E-state index contributed by atoms with van der Waals surface area (Å²) in [6.45, 7) is 0.703. The number of nitrogens with zero attached hydrogens (tertiary/aromatic N) is 2. The van der Waals surface area contributed by atoms with Gasteiger partial charge in [-0.2, -0.15) is 0 Å². The van der Waals surface area contributed by atoms with E-state index in [0.717, 1.165) is 42.4 Å². The molecule has 3 amide bonds. The van der Waals surface area contributed by atoms with Gasteiger partial charge < -0.3 is 14.4 Å². The Kier molecular flexibility index (Phi) is 6.50. The molecule has 7 heteroatoms. The first-order valence-corrected chi connectivity index (χ1v) is 12.5. The molecule has 35 heavy (non-hydrogen) atoms. The third-order valence-electron chi connectivity index (χ3n) is 7.79. The van der Waals surface area contributed by atoms with Crippen molar-refractivity contribution < 1.29 is 23.9 Å². The fourth-order valence-corrected chi connectivity index (χ4v) is 6.01. The summed E-state index contributed by atoms with van der Waals surface area (Å²) in [6.07, 6.45) is 4.37. The average Bonchev–Trinajstić information content (AvgIpc) is 3.15. The molecule has 0 spiro atoms. The fraction of sp³-hybridized carbons (Fsp3) is 0.464. The van der Waals surface area contributed by atoms with Gasteiger partial charge in [-0.3, -0.25) is 19.3 Å². The van der Waals surface area contributed by atoms with Crippen molar-refractivity contribution >= 4 is 17.7 Å². The summed E-state index contributed by atoms with van der Waals surface area (Å²) in [4.78, 5) is 42.5. The number of carbonyl (C=O) groups is 3. The lowest BCUT2D eigenvalue weighted by Crippen LogP contribution is -2.42. The largest absolute Gasteiger partial charge is 0.493 e. The highest BCUT2D eigenvalue weighted by molar-refractivity contribution is 6.05. The van der Waals surface area contributed by atoms with Crippen molar-refractivity contribution in [2.24, 2.45) is 11.8 Å². The molecule has 0 bridgehead atoms. The van der Waals surface area contributed by atoms with Crippen LogP contribution in [0.1, 0.15) is 54.8 Å². The van der Waals surface area contributed by atoms with Crippen LogP contribution in [0.4, 0.5) is 0 Å². The summed E-state index contributed by atoms with van der Waals surface area (Å²) in [7, 11) is 3.23. The minimum absolute atomic E-state index is 0.0604. The summed E-state index contributed by atoms with van der Waals surface area (Å²) >= 11 is 0. The number of benzene rings is 2. The zero-order valence-corrected chi connectivity index (χ0v) is 20.4. The van der Waals surface area contributed by atoms with Crippen molar-refractivity contribution in [2.45, 2.75) is 44.6 Å². The van der Waals surface area contributed by atoms with Crippen LogP contribution in [0, 0.1) is 11.8 Å². The number of likely N-dealkylation sites (tertiary alicyclic amines) is 1. The van der Waals surface area contributed by atoms with Crippen LogP contribution in [-0.2, 0) is 20.8 Å².